The molecule has 0 aromatic rings. The van der Waals surface area contributed by atoms with E-state index < -0.39 is 0 Å². The van der Waals surface area contributed by atoms with Gasteiger partial charge in [-0.3, -0.25) is 4.90 Å². The van der Waals surface area contributed by atoms with Crippen molar-refractivity contribution in [1.29, 1.82) is 0 Å². The van der Waals surface area contributed by atoms with Gasteiger partial charge in [-0.2, -0.15) is 0 Å². The van der Waals surface area contributed by atoms with Crippen molar-refractivity contribution in [2.24, 2.45) is 11.7 Å². The molecular formula is C11H22N2. The number of hydrogen-bond acceptors (Lipinski definition) is 2. The van der Waals surface area contributed by atoms with E-state index in [1.807, 2.05) is 0 Å². The van der Waals surface area contributed by atoms with E-state index in [0.717, 1.165) is 12.5 Å². The van der Waals surface area contributed by atoms with E-state index in [2.05, 4.69) is 24.0 Å². The van der Waals surface area contributed by atoms with Crippen molar-refractivity contribution >= 4 is 0 Å². The summed E-state index contributed by atoms with van der Waals surface area (Å²) in [4.78, 5) is 2.53. The molecule has 0 aromatic heterocycles. The smallest absolute Gasteiger partial charge is 0.0163 e. The summed E-state index contributed by atoms with van der Waals surface area (Å²) in [5.41, 5.74) is 5.39. The number of likely N-dealkylation sites (tertiary alicyclic amines) is 1. The average molecular weight is 182 g/mol. The molecule has 0 saturated carbocycles. The fourth-order valence-corrected chi connectivity index (χ4v) is 1.97. The van der Waals surface area contributed by atoms with Gasteiger partial charge in [0.25, 0.3) is 0 Å². The first-order valence-corrected chi connectivity index (χ1v) is 5.44. The number of nitrogens with zero attached hydrogens (tertiary/aromatic N) is 1. The van der Waals surface area contributed by atoms with Gasteiger partial charge in [0.1, 0.15) is 0 Å². The first kappa shape index (κ1) is 10.7. The highest BCUT2D eigenvalue weighted by molar-refractivity contribution is 4.87. The van der Waals surface area contributed by atoms with E-state index in [-0.39, 0.29) is 0 Å². The van der Waals surface area contributed by atoms with Crippen molar-refractivity contribution in [3.05, 3.63) is 12.2 Å². The molecule has 1 heterocycles. The molecule has 13 heavy (non-hydrogen) atoms. The first-order chi connectivity index (χ1) is 6.36. The molecule has 0 spiro atoms. The van der Waals surface area contributed by atoms with Gasteiger partial charge in [-0.25, -0.2) is 0 Å². The third-order valence-corrected chi connectivity index (χ3v) is 2.85. The lowest BCUT2D eigenvalue weighted by Crippen LogP contribution is -2.35. The van der Waals surface area contributed by atoms with Crippen LogP contribution in [0.4, 0.5) is 0 Å². The first-order valence-electron chi connectivity index (χ1n) is 5.44. The Labute approximate surface area is 81.8 Å². The normalized spacial score (nSPS) is 25.5. The molecule has 1 aliphatic heterocycles. The van der Waals surface area contributed by atoms with E-state index in [4.69, 9.17) is 5.73 Å². The van der Waals surface area contributed by atoms with Crippen molar-refractivity contribution in [3.8, 4) is 0 Å². The number of rotatable bonds is 4. The molecule has 1 fully saturated rings. The van der Waals surface area contributed by atoms with Crippen LogP contribution in [0, 0.1) is 5.92 Å². The van der Waals surface area contributed by atoms with Gasteiger partial charge in [0.05, 0.1) is 0 Å². The summed E-state index contributed by atoms with van der Waals surface area (Å²) in [5, 5.41) is 0. The molecule has 0 amide bonds. The van der Waals surface area contributed by atoms with E-state index in [1.54, 1.807) is 0 Å². The SMILES string of the molecule is CCC1CCCN(CC=CCN)C1. The Kier molecular flexibility index (Phi) is 5.09. The van der Waals surface area contributed by atoms with Crippen LogP contribution in [0.2, 0.25) is 0 Å². The lowest BCUT2D eigenvalue weighted by molar-refractivity contribution is 0.188. The minimum absolute atomic E-state index is 0.672. The van der Waals surface area contributed by atoms with Crippen LogP contribution in [0.3, 0.4) is 0 Å². The Morgan fingerprint density at radius 1 is 1.46 bits per heavy atom. The zero-order valence-corrected chi connectivity index (χ0v) is 8.71. The standard InChI is InChI=1S/C11H22N2/c1-2-11-6-5-9-13(10-11)8-4-3-7-12/h3-4,11H,2,5-10,12H2,1H3. The zero-order valence-electron chi connectivity index (χ0n) is 8.71. The highest BCUT2D eigenvalue weighted by atomic mass is 15.1. The Balaban J connectivity index is 2.21. The van der Waals surface area contributed by atoms with Gasteiger partial charge in [-0.1, -0.05) is 25.5 Å². The molecule has 2 N–H and O–H groups in total. The van der Waals surface area contributed by atoms with Crippen LogP contribution in [0.1, 0.15) is 26.2 Å². The molecular weight excluding hydrogens is 160 g/mol. The average Bonchev–Trinajstić information content (AvgIpc) is 2.19. The van der Waals surface area contributed by atoms with Gasteiger partial charge >= 0.3 is 0 Å². The van der Waals surface area contributed by atoms with Crippen molar-refractivity contribution in [1.82, 2.24) is 4.90 Å². The second kappa shape index (κ2) is 6.17. The van der Waals surface area contributed by atoms with E-state index in [1.165, 1.54) is 32.4 Å². The highest BCUT2D eigenvalue weighted by Crippen LogP contribution is 2.18. The van der Waals surface area contributed by atoms with Crippen molar-refractivity contribution < 1.29 is 0 Å². The van der Waals surface area contributed by atoms with Crippen LogP contribution < -0.4 is 5.73 Å². The quantitative estimate of drug-likeness (QED) is 0.669. The van der Waals surface area contributed by atoms with Gasteiger partial charge in [0, 0.05) is 19.6 Å². The molecule has 2 heteroatoms. The van der Waals surface area contributed by atoms with Gasteiger partial charge in [0.2, 0.25) is 0 Å². The minimum Gasteiger partial charge on any atom is -0.327 e. The van der Waals surface area contributed by atoms with Gasteiger partial charge in [-0.15, -0.1) is 0 Å². The summed E-state index contributed by atoms with van der Waals surface area (Å²) in [7, 11) is 0. The lowest BCUT2D eigenvalue weighted by Gasteiger charge is -2.31. The highest BCUT2D eigenvalue weighted by Gasteiger charge is 2.16. The topological polar surface area (TPSA) is 29.3 Å². The van der Waals surface area contributed by atoms with Crippen LogP contribution in [-0.2, 0) is 0 Å². The summed E-state index contributed by atoms with van der Waals surface area (Å²) in [6, 6.07) is 0. The predicted octanol–water partition coefficient (Wildman–Crippen LogP) is 1.62. The maximum atomic E-state index is 5.39. The second-order valence-electron chi connectivity index (χ2n) is 3.88. The third-order valence-electron chi connectivity index (χ3n) is 2.85. The third kappa shape index (κ3) is 3.92. The number of piperidine rings is 1. The van der Waals surface area contributed by atoms with E-state index in [0.29, 0.717) is 6.54 Å². The van der Waals surface area contributed by atoms with Crippen molar-refractivity contribution in [2.45, 2.75) is 26.2 Å². The fraction of sp³-hybridized carbons (Fsp3) is 0.818. The molecule has 1 aliphatic rings. The Morgan fingerprint density at radius 3 is 3.00 bits per heavy atom. The number of hydrogen-bond donors (Lipinski definition) is 1. The molecule has 1 unspecified atom stereocenters. The zero-order chi connectivity index (χ0) is 9.52. The van der Waals surface area contributed by atoms with E-state index >= 15 is 0 Å². The van der Waals surface area contributed by atoms with E-state index in [9.17, 15) is 0 Å². The number of nitrogens with two attached hydrogens (primary N) is 1. The van der Waals surface area contributed by atoms with Gasteiger partial charge in [0.15, 0.2) is 0 Å². The summed E-state index contributed by atoms with van der Waals surface area (Å²) in [6.07, 6.45) is 8.37. The molecule has 1 rings (SSSR count). The van der Waals surface area contributed by atoms with Crippen LogP contribution >= 0.6 is 0 Å². The predicted molar refractivity (Wildman–Crippen MR) is 57.6 cm³/mol. The Bertz CT molecular complexity index is 154. The monoisotopic (exact) mass is 182 g/mol. The van der Waals surface area contributed by atoms with Crippen LogP contribution in [0.25, 0.3) is 0 Å². The molecule has 2 nitrogen and oxygen atoms in total. The molecule has 0 aliphatic carbocycles. The van der Waals surface area contributed by atoms with Gasteiger partial charge < -0.3 is 5.73 Å². The maximum absolute atomic E-state index is 5.39. The summed E-state index contributed by atoms with van der Waals surface area (Å²) in [5.74, 6) is 0.931. The lowest BCUT2D eigenvalue weighted by atomic mass is 9.96. The summed E-state index contributed by atoms with van der Waals surface area (Å²) in [6.45, 7) is 6.61. The maximum Gasteiger partial charge on any atom is 0.0163 e. The van der Waals surface area contributed by atoms with Crippen LogP contribution in [0.5, 0.6) is 0 Å². The van der Waals surface area contributed by atoms with Gasteiger partial charge in [-0.05, 0) is 25.3 Å². The molecule has 0 aromatic carbocycles. The molecule has 1 atom stereocenters. The van der Waals surface area contributed by atoms with Crippen LogP contribution in [0.15, 0.2) is 12.2 Å². The largest absolute Gasteiger partial charge is 0.327 e. The Hall–Kier alpha value is -0.340. The van der Waals surface area contributed by atoms with Crippen molar-refractivity contribution in [3.63, 3.8) is 0 Å². The molecule has 0 radical (unpaired) electrons. The summed E-state index contributed by atoms with van der Waals surface area (Å²) >= 11 is 0. The second-order valence-corrected chi connectivity index (χ2v) is 3.88. The molecule has 0 bridgehead atoms. The molecule has 76 valence electrons. The Morgan fingerprint density at radius 2 is 2.31 bits per heavy atom. The van der Waals surface area contributed by atoms with Crippen molar-refractivity contribution in [2.75, 3.05) is 26.2 Å². The minimum atomic E-state index is 0.672. The fourth-order valence-electron chi connectivity index (χ4n) is 1.97. The summed E-state index contributed by atoms with van der Waals surface area (Å²) < 4.78 is 0. The molecule has 1 saturated heterocycles. The van der Waals surface area contributed by atoms with Crippen LogP contribution in [-0.4, -0.2) is 31.1 Å².